The molecule has 39 heavy (non-hydrogen) atoms. The van der Waals surface area contributed by atoms with Crippen LogP contribution in [0.15, 0.2) is 42.0 Å². The Hall–Kier alpha value is -2.16. The van der Waals surface area contributed by atoms with E-state index in [1.807, 2.05) is 24.3 Å². The summed E-state index contributed by atoms with van der Waals surface area (Å²) in [4.78, 5) is 25.2. The number of fused-ring (bicyclic) bond motifs is 2. The van der Waals surface area contributed by atoms with Crippen LogP contribution in [0.4, 0.5) is 0 Å². The predicted octanol–water partition coefficient (Wildman–Crippen LogP) is 10.2. The van der Waals surface area contributed by atoms with Gasteiger partial charge in [0, 0.05) is 11.8 Å². The smallest absolute Gasteiger partial charge is 0.306 e. The standard InChI is InChI=1S/C36H54O3/c1-5-6-7-8-9-10-11-12-13-14-15-16-17-18-19-20-33(37)39-28-30-23-21-29(22-24-30)27-31-32-25-26-36(4,34(31)38)35(32,2)3/h12-13,21-24,27,32H,5-11,14-20,25-26,28H2,1-4H3. The van der Waals surface area contributed by atoms with Crippen LogP contribution in [0, 0.1) is 16.7 Å². The molecule has 3 nitrogen and oxygen atoms in total. The minimum atomic E-state index is -0.221. The first-order valence-electron chi connectivity index (χ1n) is 16.0. The highest BCUT2D eigenvalue weighted by atomic mass is 16.5. The van der Waals surface area contributed by atoms with Crippen molar-refractivity contribution >= 4 is 17.8 Å². The lowest BCUT2D eigenvalue weighted by Crippen LogP contribution is -2.32. The molecule has 0 heterocycles. The van der Waals surface area contributed by atoms with Crippen LogP contribution < -0.4 is 0 Å². The van der Waals surface area contributed by atoms with Gasteiger partial charge in [-0.25, -0.2) is 0 Å². The molecule has 0 aromatic heterocycles. The van der Waals surface area contributed by atoms with Gasteiger partial charge in [-0.1, -0.05) is 115 Å². The molecule has 3 rings (SSSR count). The predicted molar refractivity (Wildman–Crippen MR) is 163 cm³/mol. The zero-order chi connectivity index (χ0) is 28.1. The molecule has 2 unspecified atom stereocenters. The Morgan fingerprint density at radius 1 is 0.872 bits per heavy atom. The van der Waals surface area contributed by atoms with E-state index < -0.39 is 0 Å². The SMILES string of the molecule is CCCCCCCCC=CCCCCCCCC(=O)OCc1ccc(C=C2C(=O)C3(C)CCC2C3(C)C)cc1. The third kappa shape index (κ3) is 8.66. The van der Waals surface area contributed by atoms with Gasteiger partial charge in [0.15, 0.2) is 5.78 Å². The van der Waals surface area contributed by atoms with Gasteiger partial charge in [-0.2, -0.15) is 0 Å². The monoisotopic (exact) mass is 534 g/mol. The number of hydrogen-bond donors (Lipinski definition) is 0. The van der Waals surface area contributed by atoms with Crippen LogP contribution in [0.1, 0.15) is 142 Å². The molecule has 1 aromatic carbocycles. The fraction of sp³-hybridized carbons (Fsp3) is 0.667. The first kappa shape index (κ1) is 31.4. The molecule has 0 aliphatic heterocycles. The van der Waals surface area contributed by atoms with Crippen LogP contribution in [0.5, 0.6) is 0 Å². The molecule has 3 heteroatoms. The van der Waals surface area contributed by atoms with Gasteiger partial charge >= 0.3 is 5.97 Å². The number of allylic oxidation sites excluding steroid dienone is 3. The first-order chi connectivity index (χ1) is 18.8. The van der Waals surface area contributed by atoms with Crippen molar-refractivity contribution in [2.75, 3.05) is 0 Å². The van der Waals surface area contributed by atoms with E-state index in [9.17, 15) is 9.59 Å². The van der Waals surface area contributed by atoms with Crippen LogP contribution in [0.25, 0.3) is 6.08 Å². The first-order valence-corrected chi connectivity index (χ1v) is 16.0. The van der Waals surface area contributed by atoms with E-state index in [0.29, 0.717) is 24.7 Å². The molecule has 2 bridgehead atoms. The lowest BCUT2D eigenvalue weighted by atomic mass is 9.70. The summed E-state index contributed by atoms with van der Waals surface area (Å²) in [5.74, 6) is 0.575. The molecule has 2 aliphatic carbocycles. The highest BCUT2D eigenvalue weighted by molar-refractivity contribution is 6.07. The largest absolute Gasteiger partial charge is 0.461 e. The summed E-state index contributed by atoms with van der Waals surface area (Å²) in [6, 6.07) is 8.09. The molecule has 2 fully saturated rings. The average Bonchev–Trinajstić information content (AvgIpc) is 3.23. The van der Waals surface area contributed by atoms with Crippen LogP contribution in [-0.4, -0.2) is 11.8 Å². The number of rotatable bonds is 18. The fourth-order valence-electron chi connectivity index (χ4n) is 6.56. The van der Waals surface area contributed by atoms with Crippen LogP contribution in [0.3, 0.4) is 0 Å². The number of unbranched alkanes of at least 4 members (excludes halogenated alkanes) is 11. The molecule has 0 spiro atoms. The van der Waals surface area contributed by atoms with E-state index in [4.69, 9.17) is 4.74 Å². The quantitative estimate of drug-likeness (QED) is 0.0814. The second-order valence-electron chi connectivity index (χ2n) is 12.8. The summed E-state index contributed by atoms with van der Waals surface area (Å²) in [6.45, 7) is 9.22. The number of ether oxygens (including phenoxy) is 1. The maximum Gasteiger partial charge on any atom is 0.306 e. The molecule has 2 atom stereocenters. The summed E-state index contributed by atoms with van der Waals surface area (Å²) in [6.07, 6.45) is 25.7. The van der Waals surface area contributed by atoms with Crippen molar-refractivity contribution in [3.8, 4) is 0 Å². The third-order valence-electron chi connectivity index (χ3n) is 9.71. The van der Waals surface area contributed by atoms with Gasteiger partial charge in [0.25, 0.3) is 0 Å². The molecule has 216 valence electrons. The van der Waals surface area contributed by atoms with Gasteiger partial charge in [-0.15, -0.1) is 0 Å². The number of carbonyl (C=O) groups excluding carboxylic acids is 2. The van der Waals surface area contributed by atoms with Crippen molar-refractivity contribution in [1.82, 2.24) is 0 Å². The van der Waals surface area contributed by atoms with E-state index in [-0.39, 0.29) is 16.8 Å². The number of benzene rings is 1. The van der Waals surface area contributed by atoms with Crippen LogP contribution in [0.2, 0.25) is 0 Å². The maximum absolute atomic E-state index is 13.1. The lowest BCUT2D eigenvalue weighted by molar-refractivity contribution is -0.145. The Morgan fingerprint density at radius 2 is 1.46 bits per heavy atom. The molecular formula is C36H54O3. The second kappa shape index (κ2) is 15.6. The van der Waals surface area contributed by atoms with Gasteiger partial charge in [0.2, 0.25) is 0 Å². The Balaban J connectivity index is 1.23. The van der Waals surface area contributed by atoms with Crippen molar-refractivity contribution in [3.63, 3.8) is 0 Å². The molecule has 0 N–H and O–H groups in total. The van der Waals surface area contributed by atoms with Crippen molar-refractivity contribution in [2.24, 2.45) is 16.7 Å². The molecule has 0 radical (unpaired) electrons. The van der Waals surface area contributed by atoms with E-state index in [2.05, 4.69) is 45.9 Å². The maximum atomic E-state index is 13.1. The molecule has 2 saturated carbocycles. The van der Waals surface area contributed by atoms with E-state index in [1.54, 1.807) is 0 Å². The summed E-state index contributed by atoms with van der Waals surface area (Å²) in [7, 11) is 0. The van der Waals surface area contributed by atoms with Crippen molar-refractivity contribution in [1.29, 1.82) is 0 Å². The van der Waals surface area contributed by atoms with E-state index >= 15 is 0 Å². The average molecular weight is 535 g/mol. The van der Waals surface area contributed by atoms with Gasteiger partial charge in [-0.3, -0.25) is 9.59 Å². The minimum absolute atomic E-state index is 0.0358. The minimum Gasteiger partial charge on any atom is -0.461 e. The Labute approximate surface area is 238 Å². The van der Waals surface area contributed by atoms with Crippen molar-refractivity contribution < 1.29 is 14.3 Å². The zero-order valence-electron chi connectivity index (χ0n) is 25.4. The second-order valence-corrected chi connectivity index (χ2v) is 12.8. The highest BCUT2D eigenvalue weighted by Crippen LogP contribution is 2.65. The van der Waals surface area contributed by atoms with E-state index in [1.165, 1.54) is 70.6 Å². The van der Waals surface area contributed by atoms with Gasteiger partial charge < -0.3 is 4.74 Å². The van der Waals surface area contributed by atoms with Crippen LogP contribution >= 0.6 is 0 Å². The summed E-state index contributed by atoms with van der Waals surface area (Å²) < 4.78 is 5.50. The van der Waals surface area contributed by atoms with Crippen LogP contribution in [-0.2, 0) is 20.9 Å². The zero-order valence-corrected chi connectivity index (χ0v) is 25.4. The summed E-state index contributed by atoms with van der Waals surface area (Å²) in [5.41, 5.74) is 2.85. The lowest BCUT2D eigenvalue weighted by Gasteiger charge is -2.31. The van der Waals surface area contributed by atoms with Crippen molar-refractivity contribution in [3.05, 3.63) is 53.1 Å². The van der Waals surface area contributed by atoms with Gasteiger partial charge in [0.05, 0.1) is 0 Å². The fourth-order valence-corrected chi connectivity index (χ4v) is 6.56. The Kier molecular flexibility index (Phi) is 12.5. The van der Waals surface area contributed by atoms with E-state index in [0.717, 1.165) is 42.4 Å². The number of esters is 1. The Morgan fingerprint density at radius 3 is 2.05 bits per heavy atom. The van der Waals surface area contributed by atoms with Gasteiger partial charge in [-0.05, 0) is 79.1 Å². The number of Topliss-reactive ketones (excluding diaryl/α,β-unsaturated/α-hetero) is 1. The number of carbonyl (C=O) groups is 2. The number of ketones is 1. The molecular weight excluding hydrogens is 480 g/mol. The summed E-state index contributed by atoms with van der Waals surface area (Å²) >= 11 is 0. The number of hydrogen-bond acceptors (Lipinski definition) is 3. The normalized spacial score (nSPS) is 22.8. The molecule has 2 aliphatic rings. The summed E-state index contributed by atoms with van der Waals surface area (Å²) in [5, 5.41) is 0. The topological polar surface area (TPSA) is 43.4 Å². The highest BCUT2D eigenvalue weighted by Gasteiger charge is 2.63. The molecule has 0 saturated heterocycles. The van der Waals surface area contributed by atoms with Gasteiger partial charge in [0.1, 0.15) is 6.61 Å². The molecule has 0 amide bonds. The molecule has 1 aromatic rings. The Bertz CT molecular complexity index is 968. The third-order valence-corrected chi connectivity index (χ3v) is 9.71. The van der Waals surface area contributed by atoms with Crippen molar-refractivity contribution in [2.45, 2.75) is 137 Å².